The molecule has 0 radical (unpaired) electrons. The fraction of sp³-hybridized carbons (Fsp3) is 0.625. The van der Waals surface area contributed by atoms with Crippen LogP contribution in [0, 0.1) is 5.92 Å². The zero-order chi connectivity index (χ0) is 13.7. The highest BCUT2D eigenvalue weighted by atomic mass is 35.5. The number of ether oxygens (including phenoxy) is 1. The molecule has 1 atom stereocenters. The summed E-state index contributed by atoms with van der Waals surface area (Å²) in [4.78, 5) is 0. The third-order valence-electron chi connectivity index (χ3n) is 4.20. The fourth-order valence-electron chi connectivity index (χ4n) is 2.90. The Labute approximate surface area is 121 Å². The van der Waals surface area contributed by atoms with Crippen molar-refractivity contribution in [2.75, 3.05) is 7.11 Å². The second-order valence-corrected chi connectivity index (χ2v) is 5.94. The van der Waals surface area contributed by atoms with Gasteiger partial charge in [-0.15, -0.1) is 0 Å². The van der Waals surface area contributed by atoms with E-state index in [9.17, 15) is 0 Å². The molecule has 19 heavy (non-hydrogen) atoms. The molecular formula is C16H24ClNO. The lowest BCUT2D eigenvalue weighted by molar-refractivity contribution is 0.280. The van der Waals surface area contributed by atoms with Crippen LogP contribution in [0.2, 0.25) is 5.02 Å². The molecule has 106 valence electrons. The van der Waals surface area contributed by atoms with Crippen LogP contribution in [0.4, 0.5) is 0 Å². The minimum Gasteiger partial charge on any atom is -0.495 e. The van der Waals surface area contributed by atoms with Crippen molar-refractivity contribution in [3.05, 3.63) is 28.8 Å². The molecule has 0 aliphatic heterocycles. The van der Waals surface area contributed by atoms with E-state index in [0.717, 1.165) is 18.2 Å². The van der Waals surface area contributed by atoms with E-state index in [2.05, 4.69) is 18.3 Å². The summed E-state index contributed by atoms with van der Waals surface area (Å²) >= 11 is 6.14. The average Bonchev–Trinajstić information content (AvgIpc) is 2.46. The smallest absolute Gasteiger partial charge is 0.137 e. The summed E-state index contributed by atoms with van der Waals surface area (Å²) in [5.74, 6) is 1.58. The van der Waals surface area contributed by atoms with Gasteiger partial charge in [0.15, 0.2) is 0 Å². The molecule has 1 unspecified atom stereocenters. The second-order valence-electron chi connectivity index (χ2n) is 5.54. The lowest BCUT2D eigenvalue weighted by Gasteiger charge is -2.28. The molecule has 1 aliphatic rings. The molecule has 0 amide bonds. The Kier molecular flexibility index (Phi) is 5.53. The fourth-order valence-corrected chi connectivity index (χ4v) is 3.18. The predicted octanol–water partition coefficient (Wildman–Crippen LogP) is 4.41. The van der Waals surface area contributed by atoms with Crippen molar-refractivity contribution in [1.29, 1.82) is 0 Å². The predicted molar refractivity (Wildman–Crippen MR) is 80.9 cm³/mol. The van der Waals surface area contributed by atoms with Gasteiger partial charge in [-0.2, -0.15) is 0 Å². The first kappa shape index (κ1) is 14.7. The summed E-state index contributed by atoms with van der Waals surface area (Å²) < 4.78 is 5.17. The monoisotopic (exact) mass is 281 g/mol. The van der Waals surface area contributed by atoms with Gasteiger partial charge < -0.3 is 10.1 Å². The lowest BCUT2D eigenvalue weighted by Crippen LogP contribution is -2.34. The number of nitrogens with one attached hydrogen (secondary N) is 1. The topological polar surface area (TPSA) is 21.3 Å². The lowest BCUT2D eigenvalue weighted by atomic mass is 9.84. The molecular weight excluding hydrogens is 258 g/mol. The van der Waals surface area contributed by atoms with E-state index in [1.807, 2.05) is 12.1 Å². The van der Waals surface area contributed by atoms with Gasteiger partial charge in [0.2, 0.25) is 0 Å². The van der Waals surface area contributed by atoms with E-state index in [-0.39, 0.29) is 0 Å². The van der Waals surface area contributed by atoms with Crippen molar-refractivity contribution < 1.29 is 4.74 Å². The summed E-state index contributed by atoms with van der Waals surface area (Å²) in [6, 6.07) is 6.58. The van der Waals surface area contributed by atoms with Crippen LogP contribution < -0.4 is 10.1 Å². The third-order valence-corrected chi connectivity index (χ3v) is 4.50. The highest BCUT2D eigenvalue weighted by Crippen LogP contribution is 2.27. The molecule has 0 saturated heterocycles. The van der Waals surface area contributed by atoms with E-state index in [4.69, 9.17) is 16.3 Å². The van der Waals surface area contributed by atoms with Gasteiger partial charge in [-0.3, -0.25) is 0 Å². The Balaban J connectivity index is 1.85. The number of methoxy groups -OCH3 is 1. The van der Waals surface area contributed by atoms with E-state index < -0.39 is 0 Å². The maximum atomic E-state index is 6.14. The Bertz CT molecular complexity index is 402. The summed E-state index contributed by atoms with van der Waals surface area (Å²) in [7, 11) is 1.64. The van der Waals surface area contributed by atoms with Crippen LogP contribution >= 0.6 is 11.6 Å². The van der Waals surface area contributed by atoms with E-state index in [1.54, 1.807) is 7.11 Å². The van der Waals surface area contributed by atoms with Crippen LogP contribution in [0.3, 0.4) is 0 Å². The average molecular weight is 282 g/mol. The zero-order valence-corrected chi connectivity index (χ0v) is 12.7. The standard InChI is InChI=1S/C16H24ClNO/c1-12(14-6-4-3-5-7-14)18-11-13-8-9-16(19-2)15(17)10-13/h8-10,12,14,18H,3-7,11H2,1-2H3. The number of benzene rings is 1. The van der Waals surface area contributed by atoms with Crippen molar-refractivity contribution >= 4 is 11.6 Å². The molecule has 1 aromatic carbocycles. The molecule has 1 saturated carbocycles. The van der Waals surface area contributed by atoms with Crippen LogP contribution in [0.5, 0.6) is 5.75 Å². The Morgan fingerprint density at radius 1 is 1.32 bits per heavy atom. The van der Waals surface area contributed by atoms with Gasteiger partial charge in [0.25, 0.3) is 0 Å². The number of hydrogen-bond acceptors (Lipinski definition) is 2. The van der Waals surface area contributed by atoms with Crippen LogP contribution in [-0.2, 0) is 6.54 Å². The Morgan fingerprint density at radius 2 is 2.05 bits per heavy atom. The molecule has 0 heterocycles. The molecule has 1 aromatic rings. The molecule has 0 aromatic heterocycles. The van der Waals surface area contributed by atoms with Crippen molar-refractivity contribution in [2.24, 2.45) is 5.92 Å². The first-order valence-corrected chi connectivity index (χ1v) is 7.64. The maximum absolute atomic E-state index is 6.14. The summed E-state index contributed by atoms with van der Waals surface area (Å²) in [6.07, 6.45) is 6.95. The van der Waals surface area contributed by atoms with Crippen LogP contribution in [0.25, 0.3) is 0 Å². The summed E-state index contributed by atoms with van der Waals surface area (Å²) in [5, 5.41) is 4.32. The van der Waals surface area contributed by atoms with Gasteiger partial charge in [0.1, 0.15) is 5.75 Å². The van der Waals surface area contributed by atoms with Gasteiger partial charge in [-0.25, -0.2) is 0 Å². The SMILES string of the molecule is COc1ccc(CNC(C)C2CCCCC2)cc1Cl. The molecule has 2 nitrogen and oxygen atoms in total. The van der Waals surface area contributed by atoms with E-state index in [0.29, 0.717) is 11.1 Å². The first-order valence-electron chi connectivity index (χ1n) is 7.26. The quantitative estimate of drug-likeness (QED) is 0.863. The number of hydrogen-bond donors (Lipinski definition) is 1. The zero-order valence-electron chi connectivity index (χ0n) is 11.9. The van der Waals surface area contributed by atoms with Crippen molar-refractivity contribution in [3.8, 4) is 5.75 Å². The summed E-state index contributed by atoms with van der Waals surface area (Å²) in [5.41, 5.74) is 1.22. The Morgan fingerprint density at radius 3 is 2.68 bits per heavy atom. The van der Waals surface area contributed by atoms with Gasteiger partial charge >= 0.3 is 0 Å². The Hall–Kier alpha value is -0.730. The molecule has 1 fully saturated rings. The molecule has 0 bridgehead atoms. The van der Waals surface area contributed by atoms with Crippen molar-refractivity contribution in [3.63, 3.8) is 0 Å². The molecule has 2 rings (SSSR count). The van der Waals surface area contributed by atoms with E-state index in [1.165, 1.54) is 37.7 Å². The minimum absolute atomic E-state index is 0.584. The largest absolute Gasteiger partial charge is 0.495 e. The van der Waals surface area contributed by atoms with Crippen LogP contribution in [-0.4, -0.2) is 13.2 Å². The van der Waals surface area contributed by atoms with Crippen molar-refractivity contribution in [2.45, 2.75) is 51.6 Å². The van der Waals surface area contributed by atoms with Crippen molar-refractivity contribution in [1.82, 2.24) is 5.32 Å². The van der Waals surface area contributed by atoms with Gasteiger partial charge in [-0.05, 0) is 43.4 Å². The molecule has 3 heteroatoms. The molecule has 0 spiro atoms. The second kappa shape index (κ2) is 7.16. The van der Waals surface area contributed by atoms with E-state index >= 15 is 0 Å². The minimum atomic E-state index is 0.584. The summed E-state index contributed by atoms with van der Waals surface area (Å²) in [6.45, 7) is 3.18. The van der Waals surface area contributed by atoms with Crippen LogP contribution in [0.15, 0.2) is 18.2 Å². The maximum Gasteiger partial charge on any atom is 0.137 e. The van der Waals surface area contributed by atoms with Gasteiger partial charge in [0.05, 0.1) is 12.1 Å². The molecule has 1 aliphatic carbocycles. The third kappa shape index (κ3) is 4.12. The van der Waals surface area contributed by atoms with Crippen LogP contribution in [0.1, 0.15) is 44.6 Å². The highest BCUT2D eigenvalue weighted by Gasteiger charge is 2.19. The van der Waals surface area contributed by atoms with Gasteiger partial charge in [0, 0.05) is 12.6 Å². The molecule has 1 N–H and O–H groups in total. The number of halogens is 1. The normalized spacial score (nSPS) is 18.3. The first-order chi connectivity index (χ1) is 9.20. The number of rotatable bonds is 5. The highest BCUT2D eigenvalue weighted by molar-refractivity contribution is 6.32. The van der Waals surface area contributed by atoms with Gasteiger partial charge in [-0.1, -0.05) is 36.9 Å².